The first-order valence-corrected chi connectivity index (χ1v) is 8.85. The molecule has 4 nitrogen and oxygen atoms in total. The van der Waals surface area contributed by atoms with Crippen LogP contribution in [0.3, 0.4) is 0 Å². The van der Waals surface area contributed by atoms with E-state index < -0.39 is 15.7 Å². The van der Waals surface area contributed by atoms with Crippen LogP contribution in [0.5, 0.6) is 0 Å². The van der Waals surface area contributed by atoms with Gasteiger partial charge in [-0.15, -0.1) is 0 Å². The van der Waals surface area contributed by atoms with Gasteiger partial charge in [0.05, 0.1) is 10.6 Å². The van der Waals surface area contributed by atoms with Crippen LogP contribution in [0.15, 0.2) is 23.2 Å². The zero-order valence-corrected chi connectivity index (χ0v) is 13.5. The van der Waals surface area contributed by atoms with E-state index in [2.05, 4.69) is 4.98 Å². The first-order valence-electron chi connectivity index (χ1n) is 7.31. The molecule has 0 saturated heterocycles. The Hall–Kier alpha value is -1.53. The van der Waals surface area contributed by atoms with E-state index in [1.165, 1.54) is 20.0 Å². The van der Waals surface area contributed by atoms with Crippen LogP contribution in [0.25, 0.3) is 10.8 Å². The number of fused-ring (bicyclic) bond motifs is 3. The summed E-state index contributed by atoms with van der Waals surface area (Å²) in [7, 11) is -3.83. The number of primary sulfonamides is 1. The predicted octanol–water partition coefficient (Wildman–Crippen LogP) is 2.66. The number of pyridine rings is 1. The van der Waals surface area contributed by atoms with Crippen molar-refractivity contribution in [2.75, 3.05) is 0 Å². The van der Waals surface area contributed by atoms with E-state index in [1.54, 1.807) is 12.1 Å². The smallest absolute Gasteiger partial charge is 0.238 e. The van der Waals surface area contributed by atoms with E-state index in [1.807, 2.05) is 0 Å². The molecule has 0 radical (unpaired) electrons. The number of sulfonamides is 1. The Balaban J connectivity index is 2.39. The maximum absolute atomic E-state index is 14.1. The van der Waals surface area contributed by atoms with E-state index in [9.17, 15) is 12.8 Å². The van der Waals surface area contributed by atoms with Crippen LogP contribution in [0.4, 0.5) is 4.39 Å². The van der Waals surface area contributed by atoms with E-state index in [0.717, 1.165) is 35.8 Å². The van der Waals surface area contributed by atoms with Gasteiger partial charge in [-0.05, 0) is 56.4 Å². The number of nitrogens with zero attached hydrogens (tertiary/aromatic N) is 1. The lowest BCUT2D eigenvalue weighted by molar-refractivity contribution is 0.216. The van der Waals surface area contributed by atoms with E-state index in [0.29, 0.717) is 11.1 Å². The summed E-state index contributed by atoms with van der Waals surface area (Å²) in [4.78, 5) is 4.43. The molecule has 0 bridgehead atoms. The van der Waals surface area contributed by atoms with Crippen molar-refractivity contribution in [1.82, 2.24) is 4.98 Å². The van der Waals surface area contributed by atoms with Gasteiger partial charge in [0.15, 0.2) is 0 Å². The summed E-state index contributed by atoms with van der Waals surface area (Å²) in [5, 5.41) is 6.70. The maximum Gasteiger partial charge on any atom is 0.238 e. The molecular formula is C16H19FN2O2S. The minimum absolute atomic E-state index is 0.114. The van der Waals surface area contributed by atoms with Crippen LogP contribution < -0.4 is 5.14 Å². The number of alkyl halides is 1. The highest BCUT2D eigenvalue weighted by molar-refractivity contribution is 7.89. The van der Waals surface area contributed by atoms with Gasteiger partial charge in [-0.2, -0.15) is 0 Å². The number of benzene rings is 1. The van der Waals surface area contributed by atoms with Gasteiger partial charge in [-0.3, -0.25) is 4.98 Å². The first kappa shape index (κ1) is 15.4. The Kier molecular flexibility index (Phi) is 3.49. The lowest BCUT2D eigenvalue weighted by Gasteiger charge is -2.18. The fourth-order valence-corrected chi connectivity index (χ4v) is 4.05. The van der Waals surface area contributed by atoms with Gasteiger partial charge >= 0.3 is 0 Å². The standard InChI is InChI=1S/C16H19FN2O2S/c1-16(2,17)9-13-15-11-5-3-4-10(11)8-14(22(18,20)21)12(15)6-7-19-13/h6-8H,3-5,9H2,1-2H3,(H2,18,20,21). The Morgan fingerprint density at radius 3 is 2.73 bits per heavy atom. The number of hydrogen-bond donors (Lipinski definition) is 1. The summed E-state index contributed by atoms with van der Waals surface area (Å²) in [6.45, 7) is 2.99. The van der Waals surface area contributed by atoms with Crippen LogP contribution in [0.2, 0.25) is 0 Å². The zero-order valence-electron chi connectivity index (χ0n) is 12.7. The van der Waals surface area contributed by atoms with Gasteiger partial charge in [-0.1, -0.05) is 0 Å². The van der Waals surface area contributed by atoms with Gasteiger partial charge in [0.25, 0.3) is 0 Å². The maximum atomic E-state index is 14.1. The van der Waals surface area contributed by atoms with Gasteiger partial charge in [0.1, 0.15) is 5.67 Å². The Morgan fingerprint density at radius 1 is 1.36 bits per heavy atom. The van der Waals surface area contributed by atoms with Crippen molar-refractivity contribution in [2.24, 2.45) is 5.14 Å². The largest absolute Gasteiger partial charge is 0.261 e. The number of aromatic nitrogens is 1. The third-order valence-electron chi connectivity index (χ3n) is 4.06. The molecule has 0 amide bonds. The van der Waals surface area contributed by atoms with Gasteiger partial charge in [0, 0.05) is 23.4 Å². The van der Waals surface area contributed by atoms with Crippen LogP contribution in [0, 0.1) is 0 Å². The van der Waals surface area contributed by atoms with E-state index in [-0.39, 0.29) is 11.3 Å². The van der Waals surface area contributed by atoms with Crippen LogP contribution in [0.1, 0.15) is 37.1 Å². The second-order valence-corrected chi connectivity index (χ2v) is 8.02. The molecule has 22 heavy (non-hydrogen) atoms. The van der Waals surface area contributed by atoms with Crippen molar-refractivity contribution in [2.45, 2.75) is 50.1 Å². The number of nitrogens with two attached hydrogens (primary N) is 1. The van der Waals surface area contributed by atoms with Gasteiger partial charge < -0.3 is 0 Å². The van der Waals surface area contributed by atoms with Crippen LogP contribution >= 0.6 is 0 Å². The Labute approximate surface area is 129 Å². The van der Waals surface area contributed by atoms with Crippen LogP contribution in [-0.4, -0.2) is 19.1 Å². The molecule has 2 N–H and O–H groups in total. The summed E-state index contributed by atoms with van der Waals surface area (Å²) in [5.74, 6) is 0. The SMILES string of the molecule is CC(C)(F)Cc1nccc2c(S(N)(=O)=O)cc3c(c12)CCC3. The van der Waals surface area contributed by atoms with Gasteiger partial charge in [-0.25, -0.2) is 17.9 Å². The highest BCUT2D eigenvalue weighted by Gasteiger charge is 2.26. The predicted molar refractivity (Wildman–Crippen MR) is 84.0 cm³/mol. The van der Waals surface area contributed by atoms with Crippen molar-refractivity contribution in [3.63, 3.8) is 0 Å². The summed E-state index contributed by atoms with van der Waals surface area (Å²) >= 11 is 0. The minimum atomic E-state index is -3.83. The molecule has 1 aliphatic carbocycles. The van der Waals surface area contributed by atoms with E-state index >= 15 is 0 Å². The number of aryl methyl sites for hydroxylation is 2. The lowest BCUT2D eigenvalue weighted by atomic mass is 9.95. The molecule has 2 aromatic rings. The summed E-state index contributed by atoms with van der Waals surface area (Å²) in [6, 6.07) is 3.33. The first-order chi connectivity index (χ1) is 10.2. The molecular weight excluding hydrogens is 303 g/mol. The van der Waals surface area contributed by atoms with Crippen molar-refractivity contribution < 1.29 is 12.8 Å². The molecule has 118 valence electrons. The van der Waals surface area contributed by atoms with Crippen molar-refractivity contribution in [3.8, 4) is 0 Å². The molecule has 0 spiro atoms. The Morgan fingerprint density at radius 2 is 2.09 bits per heavy atom. The second kappa shape index (κ2) is 4.99. The quantitative estimate of drug-likeness (QED) is 0.944. The van der Waals surface area contributed by atoms with E-state index in [4.69, 9.17) is 5.14 Å². The Bertz CT molecular complexity index is 855. The fourth-order valence-electron chi connectivity index (χ4n) is 3.26. The molecule has 6 heteroatoms. The minimum Gasteiger partial charge on any atom is -0.261 e. The van der Waals surface area contributed by atoms with Crippen molar-refractivity contribution >= 4 is 20.8 Å². The second-order valence-electron chi connectivity index (χ2n) is 6.49. The lowest BCUT2D eigenvalue weighted by Crippen LogP contribution is -2.18. The molecule has 0 saturated carbocycles. The topological polar surface area (TPSA) is 73.0 Å². The number of hydrogen-bond acceptors (Lipinski definition) is 3. The number of rotatable bonds is 3. The highest BCUT2D eigenvalue weighted by Crippen LogP contribution is 2.36. The zero-order chi connectivity index (χ0) is 16.1. The third-order valence-corrected chi connectivity index (χ3v) is 5.01. The fraction of sp³-hybridized carbons (Fsp3) is 0.438. The summed E-state index contributed by atoms with van der Waals surface area (Å²) in [5.41, 5.74) is 1.27. The summed E-state index contributed by atoms with van der Waals surface area (Å²) in [6.07, 6.45) is 4.32. The highest BCUT2D eigenvalue weighted by atomic mass is 32.2. The molecule has 1 heterocycles. The molecule has 0 atom stereocenters. The monoisotopic (exact) mass is 322 g/mol. The molecule has 0 fully saturated rings. The molecule has 1 aromatic carbocycles. The molecule has 1 aliphatic rings. The summed E-state index contributed by atoms with van der Waals surface area (Å²) < 4.78 is 38.0. The normalized spacial score (nSPS) is 15.3. The molecule has 1 aromatic heterocycles. The third kappa shape index (κ3) is 2.73. The molecule has 0 unspecified atom stereocenters. The average molecular weight is 322 g/mol. The van der Waals surface area contributed by atoms with Crippen LogP contribution in [-0.2, 0) is 29.3 Å². The van der Waals surface area contributed by atoms with Crippen molar-refractivity contribution in [3.05, 3.63) is 35.2 Å². The van der Waals surface area contributed by atoms with Crippen molar-refractivity contribution in [1.29, 1.82) is 0 Å². The average Bonchev–Trinajstić information content (AvgIpc) is 2.82. The molecule has 0 aliphatic heterocycles. The molecule has 3 rings (SSSR count). The van der Waals surface area contributed by atoms with Gasteiger partial charge in [0.2, 0.25) is 10.0 Å². The number of halogens is 1.